The Morgan fingerprint density at radius 3 is 2.52 bits per heavy atom. The van der Waals surface area contributed by atoms with E-state index in [1.165, 1.54) is 0 Å². The molecule has 4 nitrogen and oxygen atoms in total. The predicted molar refractivity (Wildman–Crippen MR) is 87.4 cm³/mol. The number of amides is 2. The molecule has 0 fully saturated rings. The second-order valence-electron chi connectivity index (χ2n) is 5.02. The average Bonchev–Trinajstić information content (AvgIpc) is 2.45. The quantitative estimate of drug-likeness (QED) is 0.744. The van der Waals surface area contributed by atoms with Gasteiger partial charge in [-0.3, -0.25) is 9.59 Å². The summed E-state index contributed by atoms with van der Waals surface area (Å²) in [6.07, 6.45) is 6.30. The number of anilines is 2. The highest BCUT2D eigenvalue weighted by molar-refractivity contribution is 6.00. The van der Waals surface area contributed by atoms with E-state index in [-0.39, 0.29) is 11.8 Å². The first-order valence-electron chi connectivity index (χ1n) is 7.38. The van der Waals surface area contributed by atoms with E-state index in [1.807, 2.05) is 45.0 Å². The SMILES string of the molecule is CC=CCC(=O)Nc1cc(C)ccc1NC(=O)CCCC. The summed E-state index contributed by atoms with van der Waals surface area (Å²) in [5.41, 5.74) is 2.33. The van der Waals surface area contributed by atoms with E-state index in [4.69, 9.17) is 0 Å². The molecule has 0 bridgehead atoms. The van der Waals surface area contributed by atoms with Crippen LogP contribution in [0.1, 0.15) is 45.1 Å². The maximum atomic E-state index is 11.8. The van der Waals surface area contributed by atoms with Crippen molar-refractivity contribution in [2.45, 2.75) is 46.5 Å². The van der Waals surface area contributed by atoms with Gasteiger partial charge in [-0.05, 0) is 38.0 Å². The number of hydrogen-bond acceptors (Lipinski definition) is 2. The molecule has 0 radical (unpaired) electrons. The van der Waals surface area contributed by atoms with Crippen LogP contribution < -0.4 is 10.6 Å². The number of benzene rings is 1. The third-order valence-electron chi connectivity index (χ3n) is 3.02. The van der Waals surface area contributed by atoms with Gasteiger partial charge in [-0.1, -0.05) is 31.6 Å². The molecule has 0 heterocycles. The molecule has 0 saturated heterocycles. The number of carbonyl (C=O) groups excluding carboxylic acids is 2. The minimum Gasteiger partial charge on any atom is -0.324 e. The first-order chi connectivity index (χ1) is 10.1. The van der Waals surface area contributed by atoms with Crippen LogP contribution in [0.3, 0.4) is 0 Å². The summed E-state index contributed by atoms with van der Waals surface area (Å²) in [7, 11) is 0. The van der Waals surface area contributed by atoms with Crippen molar-refractivity contribution in [3.8, 4) is 0 Å². The number of aryl methyl sites for hydroxylation is 1. The fourth-order valence-corrected chi connectivity index (χ4v) is 1.85. The molecule has 0 aliphatic rings. The zero-order valence-corrected chi connectivity index (χ0v) is 13.0. The van der Waals surface area contributed by atoms with Gasteiger partial charge in [-0.2, -0.15) is 0 Å². The van der Waals surface area contributed by atoms with Crippen LogP contribution in [0.25, 0.3) is 0 Å². The zero-order valence-electron chi connectivity index (χ0n) is 13.0. The Labute approximate surface area is 126 Å². The lowest BCUT2D eigenvalue weighted by Crippen LogP contribution is -2.16. The van der Waals surface area contributed by atoms with E-state index in [9.17, 15) is 9.59 Å². The lowest BCUT2D eigenvalue weighted by molar-refractivity contribution is -0.116. The maximum absolute atomic E-state index is 11.8. The second-order valence-corrected chi connectivity index (χ2v) is 5.02. The van der Waals surface area contributed by atoms with Crippen molar-refractivity contribution in [2.24, 2.45) is 0 Å². The van der Waals surface area contributed by atoms with E-state index in [0.29, 0.717) is 24.2 Å². The van der Waals surface area contributed by atoms with Gasteiger partial charge in [0.1, 0.15) is 0 Å². The van der Waals surface area contributed by atoms with Crippen molar-refractivity contribution >= 4 is 23.2 Å². The normalized spacial score (nSPS) is 10.6. The van der Waals surface area contributed by atoms with Crippen molar-refractivity contribution < 1.29 is 9.59 Å². The largest absolute Gasteiger partial charge is 0.324 e. The molecule has 0 aliphatic carbocycles. The van der Waals surface area contributed by atoms with Gasteiger partial charge in [0.2, 0.25) is 11.8 Å². The van der Waals surface area contributed by atoms with Crippen molar-refractivity contribution in [1.29, 1.82) is 0 Å². The first-order valence-corrected chi connectivity index (χ1v) is 7.38. The molecule has 4 heteroatoms. The molecule has 1 aromatic carbocycles. The van der Waals surface area contributed by atoms with Gasteiger partial charge in [0, 0.05) is 12.8 Å². The maximum Gasteiger partial charge on any atom is 0.228 e. The fourth-order valence-electron chi connectivity index (χ4n) is 1.85. The number of rotatable bonds is 7. The van der Waals surface area contributed by atoms with E-state index < -0.39 is 0 Å². The molecule has 2 amide bonds. The standard InChI is InChI=1S/C17H24N2O2/c1-4-6-8-16(20)18-14-11-10-13(3)12-15(14)19-17(21)9-7-5-2/h5,7,10-12H,4,6,8-9H2,1-3H3,(H,18,20)(H,19,21). The lowest BCUT2D eigenvalue weighted by Gasteiger charge is -2.13. The Balaban J connectivity index is 2.79. The number of unbranched alkanes of at least 4 members (excludes halogenated alkanes) is 1. The highest BCUT2D eigenvalue weighted by atomic mass is 16.2. The van der Waals surface area contributed by atoms with E-state index in [0.717, 1.165) is 18.4 Å². The van der Waals surface area contributed by atoms with Crippen LogP contribution in [0, 0.1) is 6.92 Å². The fraction of sp³-hybridized carbons (Fsp3) is 0.412. The highest BCUT2D eigenvalue weighted by Gasteiger charge is 2.09. The van der Waals surface area contributed by atoms with Gasteiger partial charge in [-0.15, -0.1) is 0 Å². The van der Waals surface area contributed by atoms with E-state index in [2.05, 4.69) is 10.6 Å². The Hall–Kier alpha value is -2.10. The van der Waals surface area contributed by atoms with E-state index >= 15 is 0 Å². The molecule has 0 unspecified atom stereocenters. The molecule has 0 saturated carbocycles. The van der Waals surface area contributed by atoms with Crippen LogP contribution >= 0.6 is 0 Å². The van der Waals surface area contributed by atoms with Crippen molar-refractivity contribution in [3.63, 3.8) is 0 Å². The predicted octanol–water partition coefficient (Wildman–Crippen LogP) is 4.03. The summed E-state index contributed by atoms with van der Waals surface area (Å²) in [4.78, 5) is 23.6. The Morgan fingerprint density at radius 1 is 1.14 bits per heavy atom. The summed E-state index contributed by atoms with van der Waals surface area (Å²) in [6.45, 7) is 5.87. The number of carbonyl (C=O) groups is 2. The van der Waals surface area contributed by atoms with Crippen molar-refractivity contribution in [2.75, 3.05) is 10.6 Å². The summed E-state index contributed by atoms with van der Waals surface area (Å²) in [5, 5.41) is 5.71. The lowest BCUT2D eigenvalue weighted by atomic mass is 10.1. The van der Waals surface area contributed by atoms with Crippen LogP contribution in [0.15, 0.2) is 30.4 Å². The molecule has 0 spiro atoms. The second kappa shape index (κ2) is 8.95. The highest BCUT2D eigenvalue weighted by Crippen LogP contribution is 2.23. The molecule has 0 atom stereocenters. The third kappa shape index (κ3) is 6.25. The molecule has 1 aromatic rings. The van der Waals surface area contributed by atoms with Gasteiger partial charge in [0.15, 0.2) is 0 Å². The molecule has 114 valence electrons. The molecular formula is C17H24N2O2. The zero-order chi connectivity index (χ0) is 15.7. The average molecular weight is 288 g/mol. The topological polar surface area (TPSA) is 58.2 Å². The summed E-state index contributed by atoms with van der Waals surface area (Å²) >= 11 is 0. The van der Waals surface area contributed by atoms with E-state index in [1.54, 1.807) is 6.08 Å². The van der Waals surface area contributed by atoms with Crippen LogP contribution in [0.4, 0.5) is 11.4 Å². The minimum absolute atomic E-state index is 0.0235. The molecular weight excluding hydrogens is 264 g/mol. The molecule has 2 N–H and O–H groups in total. The molecule has 21 heavy (non-hydrogen) atoms. The van der Waals surface area contributed by atoms with Crippen LogP contribution in [-0.2, 0) is 9.59 Å². The van der Waals surface area contributed by atoms with Crippen LogP contribution in [0.2, 0.25) is 0 Å². The summed E-state index contributed by atoms with van der Waals surface area (Å²) < 4.78 is 0. The molecule has 1 rings (SSSR count). The van der Waals surface area contributed by atoms with Gasteiger partial charge in [-0.25, -0.2) is 0 Å². The van der Waals surface area contributed by atoms with Gasteiger partial charge in [0.25, 0.3) is 0 Å². The van der Waals surface area contributed by atoms with Crippen LogP contribution in [-0.4, -0.2) is 11.8 Å². The smallest absolute Gasteiger partial charge is 0.228 e. The van der Waals surface area contributed by atoms with Gasteiger partial charge < -0.3 is 10.6 Å². The summed E-state index contributed by atoms with van der Waals surface area (Å²) in [5.74, 6) is -0.118. The first kappa shape index (κ1) is 17.0. The van der Waals surface area contributed by atoms with Crippen molar-refractivity contribution in [3.05, 3.63) is 35.9 Å². The summed E-state index contributed by atoms with van der Waals surface area (Å²) in [6, 6.07) is 5.60. The Morgan fingerprint density at radius 2 is 1.86 bits per heavy atom. The third-order valence-corrected chi connectivity index (χ3v) is 3.02. The van der Waals surface area contributed by atoms with Crippen molar-refractivity contribution in [1.82, 2.24) is 0 Å². The Bertz CT molecular complexity index is 522. The molecule has 0 aromatic heterocycles. The van der Waals surface area contributed by atoms with Gasteiger partial charge >= 0.3 is 0 Å². The molecule has 0 aliphatic heterocycles. The minimum atomic E-state index is -0.0947. The number of nitrogens with one attached hydrogen (secondary N) is 2. The number of allylic oxidation sites excluding steroid dienone is 1. The monoisotopic (exact) mass is 288 g/mol. The Kier molecular flexibility index (Phi) is 7.23. The van der Waals surface area contributed by atoms with Crippen LogP contribution in [0.5, 0.6) is 0 Å². The van der Waals surface area contributed by atoms with Gasteiger partial charge in [0.05, 0.1) is 11.4 Å². The number of hydrogen-bond donors (Lipinski definition) is 2.